The largest absolute Gasteiger partial charge is 0.463 e. The Labute approximate surface area is 575 Å². The van der Waals surface area contributed by atoms with Gasteiger partial charge in [0.25, 0.3) is 11.8 Å². The minimum atomic E-state index is -1.29. The fraction of sp³-hybridized carbons (Fsp3) is 0.642. The number of carbonyl (C=O) groups is 12. The molecule has 2 aliphatic rings. The van der Waals surface area contributed by atoms with Gasteiger partial charge >= 0.3 is 41.8 Å². The lowest BCUT2D eigenvalue weighted by Crippen LogP contribution is -2.66. The van der Waals surface area contributed by atoms with Crippen LogP contribution in [0.4, 0.5) is 5.69 Å². The van der Waals surface area contributed by atoms with Crippen LogP contribution in [0, 0.1) is 0 Å². The highest BCUT2D eigenvalue weighted by molar-refractivity contribution is 6.02. The molecule has 2 unspecified atom stereocenters. The molecule has 2 aromatic rings. The Kier molecular flexibility index (Phi) is 39.4. The number of amides is 5. The first-order valence-electron chi connectivity index (χ1n) is 33.0. The van der Waals surface area contributed by atoms with Crippen molar-refractivity contribution in [1.29, 1.82) is 0 Å². The summed E-state index contributed by atoms with van der Waals surface area (Å²) in [5.41, 5.74) is 1.30. The molecule has 0 aliphatic carbocycles. The third-order valence-electron chi connectivity index (χ3n) is 14.5. The van der Waals surface area contributed by atoms with Crippen molar-refractivity contribution >= 4 is 77.0 Å². The Morgan fingerprint density at radius 1 is 0.414 bits per heavy atom. The van der Waals surface area contributed by atoms with E-state index < -0.39 is 134 Å². The highest BCUT2D eigenvalue weighted by atomic mass is 16.7. The highest BCUT2D eigenvalue weighted by Crippen LogP contribution is 2.30. The number of hydrogen-bond donors (Lipinski definition) is 5. The maximum absolute atomic E-state index is 13.6. The van der Waals surface area contributed by atoms with E-state index in [1.165, 1.54) is 45.9 Å². The Hall–Kier alpha value is -8.24. The second kappa shape index (κ2) is 46.9. The van der Waals surface area contributed by atoms with Gasteiger partial charge in [-0.1, -0.05) is 68.9 Å². The van der Waals surface area contributed by atoms with E-state index in [1.807, 2.05) is 30.3 Å². The van der Waals surface area contributed by atoms with Crippen LogP contribution in [0.3, 0.4) is 0 Å². The van der Waals surface area contributed by atoms with Crippen molar-refractivity contribution in [3.8, 4) is 0 Å². The van der Waals surface area contributed by atoms with Crippen LogP contribution in [-0.2, 0) is 126 Å². The first kappa shape index (κ1) is 83.2. The molecule has 4 rings (SSSR count). The first-order chi connectivity index (χ1) is 47.4. The fourth-order valence-electron chi connectivity index (χ4n) is 10.2. The molecule has 2 aliphatic heterocycles. The number of hydrogen-bond acceptors (Lipinski definition) is 27. The van der Waals surface area contributed by atoms with E-state index in [9.17, 15) is 57.5 Å². The lowest BCUT2D eigenvalue weighted by Gasteiger charge is -2.44. The molecule has 2 aromatic carbocycles. The summed E-state index contributed by atoms with van der Waals surface area (Å²) in [4.78, 5) is 149. The normalized spacial score (nSPS) is 20.2. The SMILES string of the molecule is CC(=O)N[C@H]1C(OCCOCCOCCNC(=O)c2cc(NC(=O)CCCCCCCCCCC(=O)OCc3ccccc3)cc(C(=O)NCCOCCOCCOC3O[C@H](COC(C)=O)[C@H](OC(C)=O)[C@H](OC(C)=O)[C@H]3NC(C)=O)c2)O[C@H](COC(C)=O)[C@H](OC(C)=O)[C@@H]1OC(C)=O. The molecular weight excluding hydrogens is 1310 g/mol. The van der Waals surface area contributed by atoms with Crippen LogP contribution in [0.5, 0.6) is 0 Å². The Balaban J connectivity index is 1.25. The molecule has 0 aromatic heterocycles. The van der Waals surface area contributed by atoms with Crippen LogP contribution in [0.1, 0.15) is 146 Å². The van der Waals surface area contributed by atoms with Crippen molar-refractivity contribution in [2.75, 3.05) is 97.7 Å². The molecule has 2 heterocycles. The molecule has 0 spiro atoms. The zero-order chi connectivity index (χ0) is 72.5. The van der Waals surface area contributed by atoms with E-state index in [2.05, 4.69) is 26.6 Å². The lowest BCUT2D eigenvalue weighted by molar-refractivity contribution is -0.279. The molecular formula is C67H97N5O27. The fourth-order valence-corrected chi connectivity index (χ4v) is 10.2. The molecule has 32 heteroatoms. The van der Waals surface area contributed by atoms with E-state index in [0.717, 1.165) is 78.2 Å². The summed E-state index contributed by atoms with van der Waals surface area (Å²) < 4.78 is 83.8. The Morgan fingerprint density at radius 2 is 0.798 bits per heavy atom. The second-order valence-corrected chi connectivity index (χ2v) is 23.0. The molecule has 0 radical (unpaired) electrons. The third-order valence-corrected chi connectivity index (χ3v) is 14.5. The van der Waals surface area contributed by atoms with Gasteiger partial charge < -0.3 is 97.6 Å². The third kappa shape index (κ3) is 34.4. The number of rotatable bonds is 46. The van der Waals surface area contributed by atoms with E-state index in [1.54, 1.807) is 0 Å². The summed E-state index contributed by atoms with van der Waals surface area (Å²) in [5.74, 6) is -7.06. The van der Waals surface area contributed by atoms with Gasteiger partial charge in [-0.15, -0.1) is 0 Å². The number of esters is 7. The van der Waals surface area contributed by atoms with E-state index in [-0.39, 0.29) is 121 Å². The zero-order valence-corrected chi connectivity index (χ0v) is 57.6. The number of unbranched alkanes of at least 4 members (excludes halogenated alkanes) is 7. The average molecular weight is 1400 g/mol. The Bertz CT molecular complexity index is 2760. The topological polar surface area (TPSA) is 403 Å². The van der Waals surface area contributed by atoms with Crippen LogP contribution in [0.15, 0.2) is 48.5 Å². The van der Waals surface area contributed by atoms with Crippen LogP contribution >= 0.6 is 0 Å². The maximum atomic E-state index is 13.6. The van der Waals surface area contributed by atoms with Crippen molar-refractivity contribution in [1.82, 2.24) is 21.3 Å². The van der Waals surface area contributed by atoms with E-state index >= 15 is 0 Å². The molecule has 5 amide bonds. The summed E-state index contributed by atoms with van der Waals surface area (Å²) in [6.07, 6.45) is -2.51. The molecule has 32 nitrogen and oxygen atoms in total. The second-order valence-electron chi connectivity index (χ2n) is 23.0. The molecule has 552 valence electrons. The highest BCUT2D eigenvalue weighted by Gasteiger charge is 2.53. The van der Waals surface area contributed by atoms with Crippen LogP contribution in [-0.4, -0.2) is 225 Å². The smallest absolute Gasteiger partial charge is 0.306 e. The minimum Gasteiger partial charge on any atom is -0.463 e. The summed E-state index contributed by atoms with van der Waals surface area (Å²) >= 11 is 0. The van der Waals surface area contributed by atoms with Gasteiger partial charge in [-0.2, -0.15) is 0 Å². The standard InChI is InChI=1S/C67H97N5O27/c1-42(73)70-58-62(96-48(7)79)60(94-46(5)77)54(40-91-44(3)75)98-66(58)89-34-32-87-30-28-85-26-24-68-64(83)51-36-52(38-53(37-51)72-56(81)22-18-13-11-9-10-12-14-19-23-57(82)93-39-50-20-16-15-17-21-50)65(84)69-25-27-86-29-31-88-33-35-90-67-59(71-43(2)74)63(97-49(8)80)61(95-47(6)78)55(99-67)41-92-45(4)76/h15-17,20-21,36-38,54-55,58-63,66-67H,9-14,18-19,22-35,39-41H2,1-8H3,(H,68,83)(H,69,84)(H,70,73)(H,71,74)(H,72,81)/t54-,55-,58-,59-,60+,61+,62-,63-,66?,67?/m1/s1. The number of nitrogens with one attached hydrogen (secondary N) is 5. The number of carbonyl (C=O) groups excluding carboxylic acids is 12. The molecule has 2 saturated heterocycles. The molecule has 2 fully saturated rings. The zero-order valence-electron chi connectivity index (χ0n) is 57.6. The predicted molar refractivity (Wildman–Crippen MR) is 345 cm³/mol. The van der Waals surface area contributed by atoms with Gasteiger partial charge in [0.2, 0.25) is 17.7 Å². The summed E-state index contributed by atoms with van der Waals surface area (Å²) in [6, 6.07) is 11.5. The van der Waals surface area contributed by atoms with Gasteiger partial charge in [0, 0.05) is 98.1 Å². The van der Waals surface area contributed by atoms with Gasteiger partial charge in [-0.3, -0.25) is 57.5 Å². The minimum absolute atomic E-state index is 0.00507. The molecule has 99 heavy (non-hydrogen) atoms. The van der Waals surface area contributed by atoms with E-state index in [4.69, 9.17) is 71.1 Å². The van der Waals surface area contributed by atoms with Gasteiger partial charge in [0.05, 0.1) is 66.1 Å². The van der Waals surface area contributed by atoms with E-state index in [0.29, 0.717) is 12.8 Å². The molecule has 0 saturated carbocycles. The van der Waals surface area contributed by atoms with Gasteiger partial charge in [0.15, 0.2) is 37.0 Å². The Morgan fingerprint density at radius 3 is 1.20 bits per heavy atom. The van der Waals surface area contributed by atoms with Crippen LogP contribution < -0.4 is 26.6 Å². The molecule has 5 N–H and O–H groups in total. The molecule has 0 bridgehead atoms. The number of anilines is 1. The summed E-state index contributed by atoms with van der Waals surface area (Å²) in [6.45, 7) is 9.05. The van der Waals surface area contributed by atoms with Crippen molar-refractivity contribution < 1.29 is 129 Å². The summed E-state index contributed by atoms with van der Waals surface area (Å²) in [5, 5.41) is 13.6. The van der Waals surface area contributed by atoms with Crippen molar-refractivity contribution in [2.24, 2.45) is 0 Å². The molecule has 10 atom stereocenters. The van der Waals surface area contributed by atoms with Gasteiger partial charge in [-0.25, -0.2) is 0 Å². The monoisotopic (exact) mass is 1400 g/mol. The van der Waals surface area contributed by atoms with Gasteiger partial charge in [0.1, 0.15) is 44.1 Å². The van der Waals surface area contributed by atoms with Crippen molar-refractivity contribution in [3.63, 3.8) is 0 Å². The van der Waals surface area contributed by atoms with Crippen molar-refractivity contribution in [3.05, 3.63) is 65.2 Å². The predicted octanol–water partition coefficient (Wildman–Crippen LogP) is 3.14. The number of benzene rings is 2. The summed E-state index contributed by atoms with van der Waals surface area (Å²) in [7, 11) is 0. The van der Waals surface area contributed by atoms with Crippen LogP contribution in [0.2, 0.25) is 0 Å². The maximum Gasteiger partial charge on any atom is 0.306 e. The van der Waals surface area contributed by atoms with Gasteiger partial charge in [-0.05, 0) is 36.6 Å². The van der Waals surface area contributed by atoms with Crippen LogP contribution in [0.25, 0.3) is 0 Å². The lowest BCUT2D eigenvalue weighted by atomic mass is 9.96. The average Bonchev–Trinajstić information content (AvgIpc) is 0.820. The quantitative estimate of drug-likeness (QED) is 0.0361. The first-order valence-corrected chi connectivity index (χ1v) is 33.0. The number of ether oxygens (including phenoxy) is 15. The van der Waals surface area contributed by atoms with Crippen molar-refractivity contribution in [2.45, 2.75) is 187 Å².